The number of benzene rings is 1. The van der Waals surface area contributed by atoms with Crippen LogP contribution in [0, 0.1) is 11.8 Å². The maximum absolute atomic E-state index is 12.1. The molecule has 0 aromatic heterocycles. The van der Waals surface area contributed by atoms with Crippen LogP contribution in [0.5, 0.6) is 5.75 Å². The van der Waals surface area contributed by atoms with Gasteiger partial charge in [-0.2, -0.15) is 0 Å². The number of hydrogen-bond donors (Lipinski definition) is 1. The van der Waals surface area contributed by atoms with Crippen molar-refractivity contribution in [3.05, 3.63) is 23.8 Å². The van der Waals surface area contributed by atoms with E-state index in [9.17, 15) is 9.90 Å². The summed E-state index contributed by atoms with van der Waals surface area (Å²) in [6.45, 7) is 8.44. The van der Waals surface area contributed by atoms with Crippen molar-refractivity contribution in [1.29, 1.82) is 0 Å². The molecule has 3 rings (SSSR count). The maximum atomic E-state index is 12.1. The summed E-state index contributed by atoms with van der Waals surface area (Å²) < 4.78 is 17.7. The second-order valence-corrected chi connectivity index (χ2v) is 8.13. The zero-order valence-corrected chi connectivity index (χ0v) is 16.8. The van der Waals surface area contributed by atoms with Gasteiger partial charge < -0.3 is 24.1 Å². The predicted molar refractivity (Wildman–Crippen MR) is 103 cm³/mol. The molecule has 2 aliphatic heterocycles. The van der Waals surface area contributed by atoms with Crippen molar-refractivity contribution in [2.24, 2.45) is 0 Å². The molecular weight excluding hydrogens is 345 g/mol. The third-order valence-corrected chi connectivity index (χ3v) is 5.66. The van der Waals surface area contributed by atoms with Gasteiger partial charge in [-0.3, -0.25) is 4.79 Å². The molecule has 0 aliphatic carbocycles. The Morgan fingerprint density at radius 3 is 2.37 bits per heavy atom. The van der Waals surface area contributed by atoms with Crippen LogP contribution in [0.15, 0.2) is 18.2 Å². The van der Waals surface area contributed by atoms with Gasteiger partial charge in [0, 0.05) is 31.0 Å². The zero-order chi connectivity index (χ0) is 20.0. The number of aliphatic hydroxyl groups is 1. The number of carbonyl (C=O) groups excluding carboxylic acids is 1. The van der Waals surface area contributed by atoms with Gasteiger partial charge in [-0.05, 0) is 45.9 Å². The van der Waals surface area contributed by atoms with Crippen LogP contribution in [0.3, 0.4) is 0 Å². The summed E-state index contributed by atoms with van der Waals surface area (Å²) in [5.41, 5.74) is -1.19. The van der Waals surface area contributed by atoms with Gasteiger partial charge in [0.1, 0.15) is 5.75 Å². The van der Waals surface area contributed by atoms with Crippen LogP contribution in [0.1, 0.15) is 39.7 Å². The van der Waals surface area contributed by atoms with Gasteiger partial charge in [0.05, 0.1) is 18.3 Å². The molecule has 2 saturated heterocycles. The number of carbonyl (C=O) groups is 1. The minimum atomic E-state index is -1.63. The maximum Gasteiger partial charge on any atom is 0.498 e. The molecular formula is C20H26BNO5. The van der Waals surface area contributed by atoms with Crippen LogP contribution in [0.4, 0.5) is 0 Å². The summed E-state index contributed by atoms with van der Waals surface area (Å²) in [6, 6.07) is 5.39. The van der Waals surface area contributed by atoms with E-state index in [1.54, 1.807) is 26.3 Å². The molecule has 0 spiro atoms. The number of methoxy groups -OCH3 is 1. The quantitative estimate of drug-likeness (QED) is 0.619. The third-order valence-electron chi connectivity index (χ3n) is 5.66. The first-order valence-electron chi connectivity index (χ1n) is 9.04. The van der Waals surface area contributed by atoms with Gasteiger partial charge in [-0.1, -0.05) is 11.8 Å². The number of hydrogen-bond acceptors (Lipinski definition) is 5. The summed E-state index contributed by atoms with van der Waals surface area (Å²) in [5.74, 6) is 5.92. The molecule has 2 aliphatic rings. The van der Waals surface area contributed by atoms with E-state index < -0.39 is 23.9 Å². The molecule has 1 amide bonds. The topological polar surface area (TPSA) is 68.2 Å². The van der Waals surface area contributed by atoms with Gasteiger partial charge in [0.15, 0.2) is 0 Å². The number of likely N-dealkylation sites (N-methyl/N-ethyl adjacent to an activating group) is 1. The van der Waals surface area contributed by atoms with E-state index in [0.29, 0.717) is 24.3 Å². The molecule has 1 N–H and O–H groups in total. The van der Waals surface area contributed by atoms with E-state index in [2.05, 4.69) is 11.8 Å². The molecule has 0 radical (unpaired) electrons. The SMILES string of the molecule is COc1ccc(C#C[C@]2(O)CCN(C)C2=O)cc1B1OC(C)(C)C(C)(C)O1. The lowest BCUT2D eigenvalue weighted by atomic mass is 9.77. The summed E-state index contributed by atoms with van der Waals surface area (Å²) in [7, 11) is 2.66. The fourth-order valence-electron chi connectivity index (χ4n) is 3.11. The van der Waals surface area contributed by atoms with Crippen molar-refractivity contribution < 1.29 is 23.9 Å². The van der Waals surface area contributed by atoms with Gasteiger partial charge >= 0.3 is 7.12 Å². The van der Waals surface area contributed by atoms with E-state index in [1.165, 1.54) is 4.90 Å². The van der Waals surface area contributed by atoms with Crippen molar-refractivity contribution in [3.63, 3.8) is 0 Å². The lowest BCUT2D eigenvalue weighted by molar-refractivity contribution is -0.137. The molecule has 2 fully saturated rings. The third kappa shape index (κ3) is 3.45. The fourth-order valence-corrected chi connectivity index (χ4v) is 3.11. The second kappa shape index (κ2) is 6.56. The highest BCUT2D eigenvalue weighted by Crippen LogP contribution is 2.37. The molecule has 144 valence electrons. The van der Waals surface area contributed by atoms with E-state index in [-0.39, 0.29) is 5.91 Å². The summed E-state index contributed by atoms with van der Waals surface area (Å²) in [5, 5.41) is 10.5. The minimum Gasteiger partial charge on any atom is -0.497 e. The Hall–Kier alpha value is -2.01. The van der Waals surface area contributed by atoms with Gasteiger partial charge in [0.25, 0.3) is 5.91 Å². The van der Waals surface area contributed by atoms with E-state index in [4.69, 9.17) is 14.0 Å². The highest BCUT2D eigenvalue weighted by Gasteiger charge is 2.52. The van der Waals surface area contributed by atoms with E-state index in [1.807, 2.05) is 33.8 Å². The molecule has 7 heteroatoms. The standard InChI is InChI=1S/C20H26BNO5/c1-18(2)19(3,4)27-21(26-18)15-13-14(7-8-16(15)25-6)9-10-20(24)11-12-22(5)17(20)23/h7-8,13,24H,11-12H2,1-6H3/t20-/m0/s1. The van der Waals surface area contributed by atoms with Crippen LogP contribution in [-0.2, 0) is 14.1 Å². The Kier molecular flexibility index (Phi) is 4.79. The first kappa shape index (κ1) is 19.7. The largest absolute Gasteiger partial charge is 0.498 e. The number of nitrogens with zero attached hydrogens (tertiary/aromatic N) is 1. The van der Waals surface area contributed by atoms with Gasteiger partial charge in [-0.15, -0.1) is 0 Å². The predicted octanol–water partition coefficient (Wildman–Crippen LogP) is 0.939. The normalized spacial score (nSPS) is 26.1. The number of likely N-dealkylation sites (tertiary alicyclic amines) is 1. The first-order valence-corrected chi connectivity index (χ1v) is 9.04. The Morgan fingerprint density at radius 1 is 1.22 bits per heavy atom. The molecule has 1 aromatic carbocycles. The van der Waals surface area contributed by atoms with Crippen molar-refractivity contribution >= 4 is 18.5 Å². The summed E-state index contributed by atoms with van der Waals surface area (Å²) in [4.78, 5) is 13.6. The molecule has 2 heterocycles. The van der Waals surface area contributed by atoms with Crippen molar-refractivity contribution in [2.45, 2.75) is 50.9 Å². The Bertz CT molecular complexity index is 809. The number of ether oxygens (including phenoxy) is 1. The van der Waals surface area contributed by atoms with Crippen LogP contribution < -0.4 is 10.2 Å². The monoisotopic (exact) mass is 371 g/mol. The average molecular weight is 371 g/mol. The van der Waals surface area contributed by atoms with E-state index >= 15 is 0 Å². The molecule has 0 bridgehead atoms. The first-order chi connectivity index (χ1) is 12.5. The molecule has 0 unspecified atom stereocenters. The highest BCUT2D eigenvalue weighted by molar-refractivity contribution is 6.63. The van der Waals surface area contributed by atoms with Gasteiger partial charge in [-0.25, -0.2) is 0 Å². The molecule has 27 heavy (non-hydrogen) atoms. The summed E-state index contributed by atoms with van der Waals surface area (Å²) in [6.07, 6.45) is 0.301. The average Bonchev–Trinajstić information content (AvgIpc) is 2.99. The van der Waals surface area contributed by atoms with Crippen molar-refractivity contribution in [1.82, 2.24) is 4.90 Å². The number of rotatable bonds is 2. The van der Waals surface area contributed by atoms with E-state index in [0.717, 1.165) is 5.46 Å². The molecule has 0 saturated carbocycles. The van der Waals surface area contributed by atoms with Crippen molar-refractivity contribution in [3.8, 4) is 17.6 Å². The lowest BCUT2D eigenvalue weighted by Gasteiger charge is -2.32. The second-order valence-electron chi connectivity index (χ2n) is 8.13. The highest BCUT2D eigenvalue weighted by atomic mass is 16.7. The van der Waals surface area contributed by atoms with Crippen molar-refractivity contribution in [2.75, 3.05) is 20.7 Å². The summed E-state index contributed by atoms with van der Waals surface area (Å²) >= 11 is 0. The molecule has 6 nitrogen and oxygen atoms in total. The van der Waals surface area contributed by atoms with Crippen LogP contribution in [0.25, 0.3) is 0 Å². The van der Waals surface area contributed by atoms with Gasteiger partial charge in [0.2, 0.25) is 5.60 Å². The smallest absolute Gasteiger partial charge is 0.497 e. The van der Waals surface area contributed by atoms with Crippen LogP contribution >= 0.6 is 0 Å². The fraction of sp³-hybridized carbons (Fsp3) is 0.550. The lowest BCUT2D eigenvalue weighted by Crippen LogP contribution is -2.41. The molecule has 1 atom stereocenters. The van der Waals surface area contributed by atoms with Crippen LogP contribution in [-0.4, -0.2) is 60.5 Å². The molecule has 1 aromatic rings. The minimum absolute atomic E-state index is 0.301. The Morgan fingerprint density at radius 2 is 1.85 bits per heavy atom. The zero-order valence-electron chi connectivity index (χ0n) is 16.8. The van der Waals surface area contributed by atoms with Crippen LogP contribution in [0.2, 0.25) is 0 Å². The number of amides is 1. The Balaban J connectivity index is 1.92. The Labute approximate surface area is 160 Å².